The molecule has 0 atom stereocenters. The Morgan fingerprint density at radius 3 is 2.57 bits per heavy atom. The van der Waals surface area contributed by atoms with Gasteiger partial charge in [0.2, 0.25) is 5.91 Å². The molecule has 7 nitrogen and oxygen atoms in total. The van der Waals surface area contributed by atoms with Gasteiger partial charge in [-0.2, -0.15) is 0 Å². The summed E-state index contributed by atoms with van der Waals surface area (Å²) in [6.45, 7) is 2.62. The summed E-state index contributed by atoms with van der Waals surface area (Å²) in [5.41, 5.74) is 1.34. The van der Waals surface area contributed by atoms with E-state index in [0.29, 0.717) is 44.8 Å². The van der Waals surface area contributed by atoms with Gasteiger partial charge in [-0.25, -0.2) is 0 Å². The Kier molecular flexibility index (Phi) is 7.47. The summed E-state index contributed by atoms with van der Waals surface area (Å²) in [4.78, 5) is 12.5. The van der Waals surface area contributed by atoms with Crippen LogP contribution in [0.5, 0.6) is 11.5 Å². The van der Waals surface area contributed by atoms with Gasteiger partial charge >= 0.3 is 0 Å². The molecule has 30 heavy (non-hydrogen) atoms. The Labute approximate surface area is 188 Å². The highest BCUT2D eigenvalue weighted by atomic mass is 35.5. The number of hydrogen-bond donors (Lipinski definition) is 1. The molecule has 0 saturated carbocycles. The number of carbonyl (C=O) groups excluding carboxylic acids is 1. The molecule has 0 radical (unpaired) electrons. The van der Waals surface area contributed by atoms with Gasteiger partial charge in [0.05, 0.1) is 35.7 Å². The molecular formula is C20H20Cl2N4O3S. The molecule has 158 valence electrons. The van der Waals surface area contributed by atoms with Crippen molar-refractivity contribution >= 4 is 46.6 Å². The van der Waals surface area contributed by atoms with E-state index in [1.54, 1.807) is 44.6 Å². The number of aromatic nitrogens is 3. The second kappa shape index (κ2) is 10.1. The topological polar surface area (TPSA) is 78.3 Å². The fourth-order valence-electron chi connectivity index (χ4n) is 2.76. The SMILES string of the molecule is CCn1c(SCC(=O)Nc2cc(OC)ccc2OC)nnc1-c1ccc(Cl)c(Cl)c1. The number of hydrogen-bond acceptors (Lipinski definition) is 6. The molecular weight excluding hydrogens is 447 g/mol. The molecule has 2 aromatic carbocycles. The number of halogens is 2. The van der Waals surface area contributed by atoms with E-state index in [9.17, 15) is 4.79 Å². The summed E-state index contributed by atoms with van der Waals surface area (Å²) >= 11 is 13.4. The smallest absolute Gasteiger partial charge is 0.234 e. The van der Waals surface area contributed by atoms with Gasteiger partial charge < -0.3 is 19.4 Å². The average molecular weight is 467 g/mol. The number of rotatable bonds is 8. The van der Waals surface area contributed by atoms with Crippen LogP contribution in [-0.2, 0) is 11.3 Å². The van der Waals surface area contributed by atoms with E-state index in [1.807, 2.05) is 17.6 Å². The molecule has 3 aromatic rings. The number of thioether (sulfide) groups is 1. The number of benzene rings is 2. The number of anilines is 1. The third kappa shape index (κ3) is 5.00. The fourth-order valence-corrected chi connectivity index (χ4v) is 3.86. The van der Waals surface area contributed by atoms with Crippen LogP contribution in [0.3, 0.4) is 0 Å². The van der Waals surface area contributed by atoms with Crippen LogP contribution in [0, 0.1) is 0 Å². The molecule has 1 amide bonds. The normalized spacial score (nSPS) is 10.7. The zero-order valence-corrected chi connectivity index (χ0v) is 18.9. The summed E-state index contributed by atoms with van der Waals surface area (Å²) in [5, 5.41) is 12.9. The average Bonchev–Trinajstić information content (AvgIpc) is 3.17. The molecule has 3 rings (SSSR count). The molecule has 1 N–H and O–H groups in total. The lowest BCUT2D eigenvalue weighted by Gasteiger charge is -2.12. The minimum atomic E-state index is -0.201. The van der Waals surface area contributed by atoms with Crippen LogP contribution in [-0.4, -0.2) is 40.6 Å². The van der Waals surface area contributed by atoms with Gasteiger partial charge in [-0.3, -0.25) is 4.79 Å². The number of methoxy groups -OCH3 is 2. The van der Waals surface area contributed by atoms with Gasteiger partial charge in [-0.05, 0) is 37.3 Å². The molecule has 0 spiro atoms. The maximum absolute atomic E-state index is 12.5. The van der Waals surface area contributed by atoms with E-state index >= 15 is 0 Å². The second-order valence-corrected chi connectivity index (χ2v) is 7.84. The lowest BCUT2D eigenvalue weighted by molar-refractivity contribution is -0.113. The summed E-state index contributed by atoms with van der Waals surface area (Å²) in [6.07, 6.45) is 0. The van der Waals surface area contributed by atoms with Crippen LogP contribution in [0.15, 0.2) is 41.6 Å². The van der Waals surface area contributed by atoms with E-state index in [4.69, 9.17) is 32.7 Å². The maximum atomic E-state index is 12.5. The van der Waals surface area contributed by atoms with Gasteiger partial charge in [0, 0.05) is 18.2 Å². The minimum Gasteiger partial charge on any atom is -0.497 e. The van der Waals surface area contributed by atoms with Gasteiger partial charge in [-0.15, -0.1) is 10.2 Å². The van der Waals surface area contributed by atoms with Crippen LogP contribution >= 0.6 is 35.0 Å². The van der Waals surface area contributed by atoms with Crippen LogP contribution in [0.4, 0.5) is 5.69 Å². The van der Waals surface area contributed by atoms with Crippen LogP contribution in [0.25, 0.3) is 11.4 Å². The molecule has 0 fully saturated rings. The summed E-state index contributed by atoms with van der Waals surface area (Å²) in [7, 11) is 3.10. The van der Waals surface area contributed by atoms with Crippen molar-refractivity contribution in [1.29, 1.82) is 0 Å². The molecule has 10 heteroatoms. The molecule has 0 aliphatic rings. The minimum absolute atomic E-state index is 0.153. The monoisotopic (exact) mass is 466 g/mol. The number of amides is 1. The maximum Gasteiger partial charge on any atom is 0.234 e. The highest BCUT2D eigenvalue weighted by Crippen LogP contribution is 2.31. The first-order valence-electron chi connectivity index (χ1n) is 9.00. The molecule has 0 aliphatic heterocycles. The first-order chi connectivity index (χ1) is 14.5. The zero-order valence-electron chi connectivity index (χ0n) is 16.6. The van der Waals surface area contributed by atoms with E-state index in [1.165, 1.54) is 11.8 Å². The summed E-state index contributed by atoms with van der Waals surface area (Å²) < 4.78 is 12.4. The van der Waals surface area contributed by atoms with Crippen molar-refractivity contribution in [3.05, 3.63) is 46.4 Å². The van der Waals surface area contributed by atoms with Crippen molar-refractivity contribution in [3.63, 3.8) is 0 Å². The largest absolute Gasteiger partial charge is 0.497 e. The predicted molar refractivity (Wildman–Crippen MR) is 120 cm³/mol. The highest BCUT2D eigenvalue weighted by molar-refractivity contribution is 7.99. The Hall–Kier alpha value is -2.42. The molecule has 0 unspecified atom stereocenters. The van der Waals surface area contributed by atoms with Crippen molar-refractivity contribution in [3.8, 4) is 22.9 Å². The summed E-state index contributed by atoms with van der Waals surface area (Å²) in [6, 6.07) is 10.5. The van der Waals surface area contributed by atoms with Gasteiger partial charge in [0.25, 0.3) is 0 Å². The molecule has 1 aromatic heterocycles. The first-order valence-corrected chi connectivity index (χ1v) is 10.7. The molecule has 0 saturated heterocycles. The molecule has 0 bridgehead atoms. The second-order valence-electron chi connectivity index (χ2n) is 6.08. The van der Waals surface area contributed by atoms with Crippen molar-refractivity contribution in [2.45, 2.75) is 18.6 Å². The standard InChI is InChI=1S/C20H20Cl2N4O3S/c1-4-26-19(12-5-7-14(21)15(22)9-12)24-25-20(26)30-11-18(27)23-16-10-13(28-2)6-8-17(16)29-3/h5-10H,4,11H2,1-3H3,(H,23,27). The van der Waals surface area contributed by atoms with Gasteiger partial charge in [-0.1, -0.05) is 35.0 Å². The van der Waals surface area contributed by atoms with Crippen LogP contribution < -0.4 is 14.8 Å². The van der Waals surface area contributed by atoms with Crippen LogP contribution in [0.1, 0.15) is 6.92 Å². The van der Waals surface area contributed by atoms with Crippen molar-refractivity contribution in [2.24, 2.45) is 0 Å². The van der Waals surface area contributed by atoms with Crippen molar-refractivity contribution in [1.82, 2.24) is 14.8 Å². The zero-order chi connectivity index (χ0) is 21.7. The highest BCUT2D eigenvalue weighted by Gasteiger charge is 2.16. The number of carbonyl (C=O) groups is 1. The fraction of sp³-hybridized carbons (Fsp3) is 0.250. The lowest BCUT2D eigenvalue weighted by atomic mass is 10.2. The van der Waals surface area contributed by atoms with E-state index < -0.39 is 0 Å². The van der Waals surface area contributed by atoms with Gasteiger partial charge in [0.15, 0.2) is 11.0 Å². The first kappa shape index (κ1) is 22.3. The van der Waals surface area contributed by atoms with Crippen molar-refractivity contribution in [2.75, 3.05) is 25.3 Å². The van der Waals surface area contributed by atoms with E-state index in [-0.39, 0.29) is 11.7 Å². The number of nitrogens with zero attached hydrogens (tertiary/aromatic N) is 3. The Bertz CT molecular complexity index is 1060. The quantitative estimate of drug-likeness (QED) is 0.469. The summed E-state index contributed by atoms with van der Waals surface area (Å²) in [5.74, 6) is 1.78. The molecule has 0 aliphatic carbocycles. The third-order valence-corrected chi connectivity index (χ3v) is 5.93. The van der Waals surface area contributed by atoms with Gasteiger partial charge in [0.1, 0.15) is 11.5 Å². The number of ether oxygens (including phenoxy) is 2. The molecule has 1 heterocycles. The van der Waals surface area contributed by atoms with Crippen molar-refractivity contribution < 1.29 is 14.3 Å². The predicted octanol–water partition coefficient (Wildman–Crippen LogP) is 5.02. The Morgan fingerprint density at radius 2 is 1.90 bits per heavy atom. The van der Waals surface area contributed by atoms with E-state index in [0.717, 1.165) is 5.56 Å². The Balaban J connectivity index is 1.72. The third-order valence-electron chi connectivity index (χ3n) is 4.22. The van der Waals surface area contributed by atoms with Crippen LogP contribution in [0.2, 0.25) is 10.0 Å². The lowest BCUT2D eigenvalue weighted by Crippen LogP contribution is -2.15. The number of nitrogens with one attached hydrogen (secondary N) is 1. The van der Waals surface area contributed by atoms with E-state index in [2.05, 4.69) is 15.5 Å². The Morgan fingerprint density at radius 1 is 1.10 bits per heavy atom.